The van der Waals surface area contributed by atoms with Gasteiger partial charge in [-0.2, -0.15) is 0 Å². The summed E-state index contributed by atoms with van der Waals surface area (Å²) in [6.07, 6.45) is 3.32. The van der Waals surface area contributed by atoms with Crippen molar-refractivity contribution in [1.82, 2.24) is 19.2 Å². The maximum atomic E-state index is 4.64. The van der Waals surface area contributed by atoms with E-state index in [0.29, 0.717) is 5.92 Å². The second-order valence-corrected chi connectivity index (χ2v) is 9.57. The van der Waals surface area contributed by atoms with Crippen LogP contribution in [0.5, 0.6) is 0 Å². The van der Waals surface area contributed by atoms with Crippen molar-refractivity contribution in [2.75, 3.05) is 0 Å². The third kappa shape index (κ3) is 3.01. The van der Waals surface area contributed by atoms with Crippen LogP contribution in [-0.4, -0.2) is 19.2 Å². The highest BCUT2D eigenvalue weighted by Crippen LogP contribution is 2.34. The molecule has 0 fully saturated rings. The van der Waals surface area contributed by atoms with Crippen LogP contribution in [0.4, 0.5) is 0 Å². The molecule has 7 rings (SSSR count). The molecule has 0 aliphatic heterocycles. The molecule has 7 aromatic rings. The zero-order valence-corrected chi connectivity index (χ0v) is 20.4. The summed E-state index contributed by atoms with van der Waals surface area (Å²) in [5, 5.41) is 14.2. The molecule has 0 aliphatic carbocycles. The molecule has 0 radical (unpaired) electrons. The smallest absolute Gasteiger partial charge is 0.168 e. The number of fused-ring (bicyclic) bond motifs is 6. The molecule has 36 heavy (non-hydrogen) atoms. The highest BCUT2D eigenvalue weighted by Gasteiger charge is 2.17. The Morgan fingerprint density at radius 2 is 1.25 bits per heavy atom. The fraction of sp³-hybridized carbons (Fsp3) is 0.125. The molecule has 3 aromatic heterocycles. The number of para-hydroxylation sites is 2. The van der Waals surface area contributed by atoms with E-state index in [4.69, 9.17) is 0 Å². The van der Waals surface area contributed by atoms with Gasteiger partial charge in [0.05, 0.1) is 11.0 Å². The zero-order chi connectivity index (χ0) is 24.2. The van der Waals surface area contributed by atoms with Gasteiger partial charge in [0.2, 0.25) is 0 Å². The quantitative estimate of drug-likeness (QED) is 0.262. The van der Waals surface area contributed by atoms with Gasteiger partial charge in [-0.15, -0.1) is 10.2 Å². The van der Waals surface area contributed by atoms with Crippen molar-refractivity contribution in [3.63, 3.8) is 0 Å². The normalized spacial score (nSPS) is 12.7. The van der Waals surface area contributed by atoms with Gasteiger partial charge < -0.3 is 4.57 Å². The van der Waals surface area contributed by atoms with Gasteiger partial charge in [-0.05, 0) is 59.7 Å². The minimum atomic E-state index is 0.451. The Labute approximate surface area is 209 Å². The van der Waals surface area contributed by atoms with Crippen LogP contribution in [0.1, 0.15) is 31.7 Å². The van der Waals surface area contributed by atoms with E-state index in [-0.39, 0.29) is 0 Å². The molecule has 0 amide bonds. The van der Waals surface area contributed by atoms with Crippen molar-refractivity contribution in [1.29, 1.82) is 0 Å². The first-order valence-electron chi connectivity index (χ1n) is 12.6. The van der Waals surface area contributed by atoms with Crippen molar-refractivity contribution in [3.8, 4) is 17.1 Å². The summed E-state index contributed by atoms with van der Waals surface area (Å²) < 4.78 is 4.50. The molecule has 3 heterocycles. The second-order valence-electron chi connectivity index (χ2n) is 9.57. The number of pyridine rings is 1. The van der Waals surface area contributed by atoms with Crippen LogP contribution in [0.25, 0.3) is 55.3 Å². The Balaban J connectivity index is 1.40. The Hall–Kier alpha value is -4.44. The van der Waals surface area contributed by atoms with Crippen LogP contribution in [0.15, 0.2) is 103 Å². The molecule has 174 valence electrons. The van der Waals surface area contributed by atoms with Crippen molar-refractivity contribution < 1.29 is 0 Å². The molecule has 0 saturated carbocycles. The Morgan fingerprint density at radius 1 is 0.667 bits per heavy atom. The summed E-state index contributed by atoms with van der Waals surface area (Å²) in [6, 6.07) is 34.4. The molecular weight excluding hydrogens is 440 g/mol. The van der Waals surface area contributed by atoms with E-state index in [9.17, 15) is 0 Å². The maximum Gasteiger partial charge on any atom is 0.168 e. The molecule has 0 spiro atoms. The minimum absolute atomic E-state index is 0.451. The SMILES string of the molecule is CCC(C)c1cn2c(-c3ccc(-n4c5ccccc5c5ccccc54)cc3)nnc2c2ccccc12. The van der Waals surface area contributed by atoms with Crippen molar-refractivity contribution in [2.45, 2.75) is 26.2 Å². The van der Waals surface area contributed by atoms with Gasteiger partial charge in [0.1, 0.15) is 0 Å². The van der Waals surface area contributed by atoms with E-state index in [1.54, 1.807) is 0 Å². The largest absolute Gasteiger partial charge is 0.309 e. The van der Waals surface area contributed by atoms with Crippen LogP contribution in [0.3, 0.4) is 0 Å². The van der Waals surface area contributed by atoms with Gasteiger partial charge in [-0.3, -0.25) is 4.40 Å². The van der Waals surface area contributed by atoms with Gasteiger partial charge in [0.15, 0.2) is 11.5 Å². The van der Waals surface area contributed by atoms with Gasteiger partial charge in [0, 0.05) is 33.6 Å². The Bertz CT molecular complexity index is 1840. The van der Waals surface area contributed by atoms with Crippen LogP contribution >= 0.6 is 0 Å². The lowest BCUT2D eigenvalue weighted by Crippen LogP contribution is -1.99. The number of nitrogens with zero attached hydrogens (tertiary/aromatic N) is 4. The van der Waals surface area contributed by atoms with Gasteiger partial charge in [-0.25, -0.2) is 0 Å². The number of hydrogen-bond acceptors (Lipinski definition) is 2. The number of hydrogen-bond donors (Lipinski definition) is 0. The molecule has 4 aromatic carbocycles. The predicted molar refractivity (Wildman–Crippen MR) is 149 cm³/mol. The summed E-state index contributed by atoms with van der Waals surface area (Å²) >= 11 is 0. The minimum Gasteiger partial charge on any atom is -0.309 e. The lowest BCUT2D eigenvalue weighted by molar-refractivity contribution is 0.734. The van der Waals surface area contributed by atoms with E-state index in [2.05, 4.69) is 136 Å². The fourth-order valence-corrected chi connectivity index (χ4v) is 5.51. The van der Waals surface area contributed by atoms with Crippen LogP contribution in [0, 0.1) is 0 Å². The zero-order valence-electron chi connectivity index (χ0n) is 20.4. The lowest BCUT2D eigenvalue weighted by Gasteiger charge is -2.14. The average Bonchev–Trinajstić information content (AvgIpc) is 3.52. The van der Waals surface area contributed by atoms with Crippen LogP contribution in [0.2, 0.25) is 0 Å². The van der Waals surface area contributed by atoms with Crippen molar-refractivity contribution in [2.24, 2.45) is 0 Å². The first-order valence-corrected chi connectivity index (χ1v) is 12.6. The van der Waals surface area contributed by atoms with E-state index in [1.165, 1.54) is 32.8 Å². The summed E-state index contributed by atoms with van der Waals surface area (Å²) in [6.45, 7) is 4.53. The van der Waals surface area contributed by atoms with Crippen LogP contribution < -0.4 is 0 Å². The molecule has 0 N–H and O–H groups in total. The van der Waals surface area contributed by atoms with E-state index in [1.807, 2.05) is 0 Å². The number of aromatic nitrogens is 4. The summed E-state index contributed by atoms with van der Waals surface area (Å²) in [5.74, 6) is 1.32. The molecule has 0 saturated heterocycles. The average molecular weight is 467 g/mol. The standard InChI is InChI=1S/C32H26N4/c1-3-21(2)28-20-35-31(33-34-32(35)27-13-5-4-10-24(27)28)22-16-18-23(19-17-22)36-29-14-8-6-11-25(29)26-12-7-9-15-30(26)36/h4-21H,3H2,1-2H3. The number of rotatable bonds is 4. The molecular formula is C32H26N4. The molecule has 4 nitrogen and oxygen atoms in total. The summed E-state index contributed by atoms with van der Waals surface area (Å²) in [7, 11) is 0. The van der Waals surface area contributed by atoms with E-state index >= 15 is 0 Å². The van der Waals surface area contributed by atoms with Gasteiger partial charge in [-0.1, -0.05) is 74.5 Å². The molecule has 0 bridgehead atoms. The highest BCUT2D eigenvalue weighted by atomic mass is 15.2. The van der Waals surface area contributed by atoms with Crippen molar-refractivity contribution >= 4 is 38.2 Å². The number of benzene rings is 4. The van der Waals surface area contributed by atoms with E-state index < -0.39 is 0 Å². The van der Waals surface area contributed by atoms with Gasteiger partial charge >= 0.3 is 0 Å². The highest BCUT2D eigenvalue weighted by molar-refractivity contribution is 6.09. The lowest BCUT2D eigenvalue weighted by atomic mass is 9.95. The van der Waals surface area contributed by atoms with Gasteiger partial charge in [0.25, 0.3) is 0 Å². The predicted octanol–water partition coefficient (Wildman–Crippen LogP) is 8.16. The molecule has 4 heteroatoms. The fourth-order valence-electron chi connectivity index (χ4n) is 5.51. The Kier molecular flexibility index (Phi) is 4.68. The molecule has 1 unspecified atom stereocenters. The summed E-state index contributed by atoms with van der Waals surface area (Å²) in [4.78, 5) is 0. The molecule has 1 atom stereocenters. The third-order valence-corrected chi connectivity index (χ3v) is 7.55. The second kappa shape index (κ2) is 8.06. The first-order chi connectivity index (χ1) is 17.7. The van der Waals surface area contributed by atoms with Crippen LogP contribution in [-0.2, 0) is 0 Å². The topological polar surface area (TPSA) is 35.1 Å². The first kappa shape index (κ1) is 20.9. The Morgan fingerprint density at radius 3 is 1.89 bits per heavy atom. The maximum absolute atomic E-state index is 4.64. The third-order valence-electron chi connectivity index (χ3n) is 7.55. The van der Waals surface area contributed by atoms with Crippen molar-refractivity contribution in [3.05, 3.63) is 109 Å². The molecule has 0 aliphatic rings. The summed E-state index contributed by atoms with van der Waals surface area (Å²) in [5.41, 5.74) is 6.85. The monoisotopic (exact) mass is 466 g/mol. The van der Waals surface area contributed by atoms with E-state index in [0.717, 1.165) is 34.5 Å².